The molecule has 0 aliphatic carbocycles. The lowest BCUT2D eigenvalue weighted by Crippen LogP contribution is -2.45. The van der Waals surface area contributed by atoms with Crippen LogP contribution in [-0.2, 0) is 11.3 Å². The summed E-state index contributed by atoms with van der Waals surface area (Å²) in [5.74, 6) is 1.36. The number of benzene rings is 1. The van der Waals surface area contributed by atoms with Gasteiger partial charge in [0.2, 0.25) is 5.89 Å². The summed E-state index contributed by atoms with van der Waals surface area (Å²) < 4.78 is 11.4. The third-order valence-electron chi connectivity index (χ3n) is 4.44. The van der Waals surface area contributed by atoms with E-state index < -0.39 is 0 Å². The largest absolute Gasteiger partial charge is 0.444 e. The average molecular weight is 342 g/mol. The van der Waals surface area contributed by atoms with Gasteiger partial charge in [0, 0.05) is 25.8 Å². The van der Waals surface area contributed by atoms with Crippen LogP contribution in [0.4, 0.5) is 0 Å². The summed E-state index contributed by atoms with van der Waals surface area (Å²) in [6, 6.07) is 8.13. The fourth-order valence-electron chi connectivity index (χ4n) is 2.86. The average Bonchev–Trinajstić information content (AvgIpc) is 3.25. The summed E-state index contributed by atoms with van der Waals surface area (Å²) >= 11 is 0. The Bertz CT molecular complexity index is 715. The van der Waals surface area contributed by atoms with E-state index in [-0.39, 0.29) is 5.60 Å². The van der Waals surface area contributed by atoms with Gasteiger partial charge in [0.15, 0.2) is 5.96 Å². The SMILES string of the molecule is CN=C(NCc1coc(-c2ccc(C)cc2)n1)NCC1(C)CCCO1. The van der Waals surface area contributed by atoms with Crippen LogP contribution in [0.5, 0.6) is 0 Å². The molecule has 0 saturated carbocycles. The second kappa shape index (κ2) is 7.70. The van der Waals surface area contributed by atoms with Crippen LogP contribution in [0.25, 0.3) is 11.5 Å². The molecule has 2 aromatic rings. The number of nitrogens with zero attached hydrogens (tertiary/aromatic N) is 2. The van der Waals surface area contributed by atoms with Crippen molar-refractivity contribution in [1.29, 1.82) is 0 Å². The van der Waals surface area contributed by atoms with Crippen molar-refractivity contribution in [3.05, 3.63) is 41.8 Å². The van der Waals surface area contributed by atoms with Gasteiger partial charge in [-0.1, -0.05) is 17.7 Å². The zero-order valence-electron chi connectivity index (χ0n) is 15.1. The van der Waals surface area contributed by atoms with Gasteiger partial charge in [-0.2, -0.15) is 0 Å². The molecular formula is C19H26N4O2. The van der Waals surface area contributed by atoms with Crippen LogP contribution in [0.1, 0.15) is 31.0 Å². The molecule has 0 spiro atoms. The van der Waals surface area contributed by atoms with E-state index in [1.165, 1.54) is 5.56 Å². The molecule has 0 bridgehead atoms. The number of nitrogens with one attached hydrogen (secondary N) is 2. The molecule has 0 amide bonds. The molecule has 25 heavy (non-hydrogen) atoms. The highest BCUT2D eigenvalue weighted by atomic mass is 16.5. The molecule has 134 valence electrons. The van der Waals surface area contributed by atoms with Gasteiger partial charge in [0.25, 0.3) is 0 Å². The number of ether oxygens (including phenoxy) is 1. The van der Waals surface area contributed by atoms with Crippen molar-refractivity contribution >= 4 is 5.96 Å². The van der Waals surface area contributed by atoms with E-state index in [1.807, 2.05) is 12.1 Å². The third-order valence-corrected chi connectivity index (χ3v) is 4.44. The molecule has 6 nitrogen and oxygen atoms in total. The molecule has 1 aromatic carbocycles. The van der Waals surface area contributed by atoms with Crippen molar-refractivity contribution in [2.45, 2.75) is 38.8 Å². The lowest BCUT2D eigenvalue weighted by molar-refractivity contribution is 0.0243. The molecule has 1 saturated heterocycles. The lowest BCUT2D eigenvalue weighted by Gasteiger charge is -2.24. The Hall–Kier alpha value is -2.34. The van der Waals surface area contributed by atoms with Gasteiger partial charge in [-0.05, 0) is 38.8 Å². The number of aliphatic imine (C=N–C) groups is 1. The molecule has 6 heteroatoms. The molecule has 2 heterocycles. The smallest absolute Gasteiger partial charge is 0.226 e. The Morgan fingerprint density at radius 1 is 1.28 bits per heavy atom. The van der Waals surface area contributed by atoms with Crippen molar-refractivity contribution in [3.63, 3.8) is 0 Å². The Balaban J connectivity index is 1.53. The molecule has 1 fully saturated rings. The lowest BCUT2D eigenvalue weighted by atomic mass is 10.0. The van der Waals surface area contributed by atoms with Gasteiger partial charge in [-0.25, -0.2) is 4.98 Å². The molecule has 1 atom stereocenters. The Kier molecular flexibility index (Phi) is 5.38. The summed E-state index contributed by atoms with van der Waals surface area (Å²) in [4.78, 5) is 8.78. The van der Waals surface area contributed by atoms with Crippen LogP contribution in [0.3, 0.4) is 0 Å². The quantitative estimate of drug-likeness (QED) is 0.646. The fraction of sp³-hybridized carbons (Fsp3) is 0.474. The molecule has 2 N–H and O–H groups in total. The first-order chi connectivity index (χ1) is 12.1. The molecule has 3 rings (SSSR count). The van der Waals surface area contributed by atoms with Crippen molar-refractivity contribution in [2.75, 3.05) is 20.2 Å². The fourth-order valence-corrected chi connectivity index (χ4v) is 2.86. The van der Waals surface area contributed by atoms with Crippen LogP contribution in [0.2, 0.25) is 0 Å². The minimum atomic E-state index is -0.107. The van der Waals surface area contributed by atoms with Crippen LogP contribution in [0.15, 0.2) is 39.9 Å². The third kappa shape index (κ3) is 4.60. The predicted molar refractivity (Wildman–Crippen MR) is 98.5 cm³/mol. The zero-order chi connectivity index (χ0) is 17.7. The van der Waals surface area contributed by atoms with Gasteiger partial charge in [-0.3, -0.25) is 4.99 Å². The first-order valence-corrected chi connectivity index (χ1v) is 8.68. The highest BCUT2D eigenvalue weighted by Crippen LogP contribution is 2.23. The molecule has 1 aliphatic heterocycles. The summed E-state index contributed by atoms with van der Waals surface area (Å²) in [6.45, 7) is 6.31. The number of hydrogen-bond acceptors (Lipinski definition) is 4. The number of oxazole rings is 1. The minimum absolute atomic E-state index is 0.107. The van der Waals surface area contributed by atoms with Gasteiger partial charge in [0.1, 0.15) is 6.26 Å². The second-order valence-corrected chi connectivity index (χ2v) is 6.69. The normalized spacial score (nSPS) is 20.7. The van der Waals surface area contributed by atoms with Gasteiger partial charge >= 0.3 is 0 Å². The maximum Gasteiger partial charge on any atom is 0.226 e. The maximum atomic E-state index is 5.79. The standard InChI is InChI=1S/C19H26N4O2/c1-14-5-7-15(8-6-14)17-23-16(12-24-17)11-21-18(20-3)22-13-19(2)9-4-10-25-19/h5-8,12H,4,9-11,13H2,1-3H3,(H2,20,21,22). The monoisotopic (exact) mass is 342 g/mol. The molecule has 1 aliphatic rings. The molecule has 1 unspecified atom stereocenters. The number of aryl methyl sites for hydroxylation is 1. The minimum Gasteiger partial charge on any atom is -0.444 e. The van der Waals surface area contributed by atoms with Crippen LogP contribution in [0, 0.1) is 6.92 Å². The van der Waals surface area contributed by atoms with Crippen molar-refractivity contribution in [3.8, 4) is 11.5 Å². The summed E-state index contributed by atoms with van der Waals surface area (Å²) in [6.07, 6.45) is 3.86. The number of hydrogen-bond donors (Lipinski definition) is 2. The number of rotatable bonds is 5. The van der Waals surface area contributed by atoms with Gasteiger partial charge in [0.05, 0.1) is 17.8 Å². The number of aromatic nitrogens is 1. The molecular weight excluding hydrogens is 316 g/mol. The van der Waals surface area contributed by atoms with Crippen molar-refractivity contribution in [2.24, 2.45) is 4.99 Å². The number of guanidine groups is 1. The van der Waals surface area contributed by atoms with E-state index in [4.69, 9.17) is 9.15 Å². The topological polar surface area (TPSA) is 71.7 Å². The predicted octanol–water partition coefficient (Wildman–Crippen LogP) is 2.88. The van der Waals surface area contributed by atoms with E-state index >= 15 is 0 Å². The molecule has 1 aromatic heterocycles. The first-order valence-electron chi connectivity index (χ1n) is 8.68. The van der Waals surface area contributed by atoms with Crippen LogP contribution < -0.4 is 10.6 Å². The van der Waals surface area contributed by atoms with E-state index in [2.05, 4.69) is 46.6 Å². The maximum absolute atomic E-state index is 5.79. The highest BCUT2D eigenvalue weighted by molar-refractivity contribution is 5.79. The van der Waals surface area contributed by atoms with E-state index in [0.29, 0.717) is 12.4 Å². The Labute approximate surface area is 148 Å². The second-order valence-electron chi connectivity index (χ2n) is 6.69. The zero-order valence-corrected chi connectivity index (χ0v) is 15.1. The molecule has 0 radical (unpaired) electrons. The summed E-state index contributed by atoms with van der Waals surface area (Å²) in [7, 11) is 1.76. The summed E-state index contributed by atoms with van der Waals surface area (Å²) in [5, 5.41) is 6.58. The van der Waals surface area contributed by atoms with Gasteiger partial charge < -0.3 is 19.8 Å². The van der Waals surface area contributed by atoms with Crippen LogP contribution >= 0.6 is 0 Å². The first kappa shape index (κ1) is 17.5. The van der Waals surface area contributed by atoms with E-state index in [1.54, 1.807) is 13.3 Å². The van der Waals surface area contributed by atoms with Crippen molar-refractivity contribution < 1.29 is 9.15 Å². The van der Waals surface area contributed by atoms with E-state index in [9.17, 15) is 0 Å². The van der Waals surface area contributed by atoms with Crippen molar-refractivity contribution in [1.82, 2.24) is 15.6 Å². The highest BCUT2D eigenvalue weighted by Gasteiger charge is 2.29. The van der Waals surface area contributed by atoms with Crippen LogP contribution in [-0.4, -0.2) is 36.7 Å². The Morgan fingerprint density at radius 2 is 2.08 bits per heavy atom. The van der Waals surface area contributed by atoms with Gasteiger partial charge in [-0.15, -0.1) is 0 Å². The Morgan fingerprint density at radius 3 is 2.76 bits per heavy atom. The summed E-state index contributed by atoms with van der Waals surface area (Å²) in [5.41, 5.74) is 2.92. The van der Waals surface area contributed by atoms with E-state index in [0.717, 1.165) is 43.2 Å².